The predicted molar refractivity (Wildman–Crippen MR) is 94.7 cm³/mol. The normalized spacial score (nSPS) is 16.6. The highest BCUT2D eigenvalue weighted by molar-refractivity contribution is 7.89. The topological polar surface area (TPSA) is 122 Å². The van der Waals surface area contributed by atoms with Crippen LogP contribution in [0.5, 0.6) is 5.75 Å². The molecule has 0 radical (unpaired) electrons. The number of hydrogen-bond acceptors (Lipinski definition) is 5. The number of ether oxygens (including phenoxy) is 1. The third kappa shape index (κ3) is 4.73. The molecule has 0 bridgehead atoms. The molecule has 0 spiro atoms. The molecule has 8 nitrogen and oxygen atoms in total. The smallest absolute Gasteiger partial charge is 0.326 e. The van der Waals surface area contributed by atoms with Crippen LogP contribution in [0.2, 0.25) is 0 Å². The van der Waals surface area contributed by atoms with Gasteiger partial charge in [0.1, 0.15) is 16.7 Å². The van der Waals surface area contributed by atoms with E-state index in [1.54, 1.807) is 6.92 Å². The van der Waals surface area contributed by atoms with Crippen molar-refractivity contribution in [2.75, 3.05) is 7.11 Å². The number of carboxylic acids is 1. The van der Waals surface area contributed by atoms with Gasteiger partial charge in [0, 0.05) is 11.6 Å². The SMILES string of the molecule is CCC(C)C(NC(=O)c1ccc(OC)c(S(=O)(=O)NC2CC2)c1)C(=O)O. The van der Waals surface area contributed by atoms with Crippen molar-refractivity contribution in [1.29, 1.82) is 0 Å². The van der Waals surface area contributed by atoms with Crippen LogP contribution in [-0.4, -0.2) is 44.6 Å². The maximum absolute atomic E-state index is 12.5. The molecule has 1 aromatic rings. The quantitative estimate of drug-likeness (QED) is 0.591. The highest BCUT2D eigenvalue weighted by atomic mass is 32.2. The number of hydrogen-bond donors (Lipinski definition) is 3. The second kappa shape index (κ2) is 8.05. The Labute approximate surface area is 153 Å². The summed E-state index contributed by atoms with van der Waals surface area (Å²) in [5, 5.41) is 11.8. The zero-order chi connectivity index (χ0) is 19.5. The minimum absolute atomic E-state index is 0.0523. The predicted octanol–water partition coefficient (Wildman–Crippen LogP) is 1.36. The molecule has 3 N–H and O–H groups in total. The Balaban J connectivity index is 2.30. The summed E-state index contributed by atoms with van der Waals surface area (Å²) < 4.78 is 32.6. The van der Waals surface area contributed by atoms with Crippen LogP contribution < -0.4 is 14.8 Å². The number of benzene rings is 1. The molecule has 2 rings (SSSR count). The van der Waals surface area contributed by atoms with Crippen molar-refractivity contribution in [3.8, 4) is 5.75 Å². The fourth-order valence-electron chi connectivity index (χ4n) is 2.42. The largest absolute Gasteiger partial charge is 0.495 e. The lowest BCUT2D eigenvalue weighted by Crippen LogP contribution is -2.45. The monoisotopic (exact) mass is 384 g/mol. The van der Waals surface area contributed by atoms with Gasteiger partial charge in [-0.2, -0.15) is 0 Å². The van der Waals surface area contributed by atoms with Gasteiger partial charge < -0.3 is 15.2 Å². The number of nitrogens with one attached hydrogen (secondary N) is 2. The first-order valence-electron chi connectivity index (χ1n) is 8.43. The molecule has 2 unspecified atom stereocenters. The second-order valence-corrected chi connectivity index (χ2v) is 8.12. The van der Waals surface area contributed by atoms with E-state index < -0.39 is 27.9 Å². The van der Waals surface area contributed by atoms with Crippen molar-refractivity contribution in [2.45, 2.75) is 50.1 Å². The van der Waals surface area contributed by atoms with Gasteiger partial charge in [0.05, 0.1) is 7.11 Å². The Morgan fingerprint density at radius 2 is 2.00 bits per heavy atom. The zero-order valence-corrected chi connectivity index (χ0v) is 15.8. The van der Waals surface area contributed by atoms with Crippen LogP contribution in [0.1, 0.15) is 43.5 Å². The van der Waals surface area contributed by atoms with E-state index in [2.05, 4.69) is 10.0 Å². The Hall–Kier alpha value is -2.13. The molecular formula is C17H24N2O6S. The van der Waals surface area contributed by atoms with E-state index in [0.717, 1.165) is 12.8 Å². The summed E-state index contributed by atoms with van der Waals surface area (Å²) in [7, 11) is -2.49. The van der Waals surface area contributed by atoms with Gasteiger partial charge in [0.2, 0.25) is 10.0 Å². The van der Waals surface area contributed by atoms with Crippen molar-refractivity contribution in [2.24, 2.45) is 5.92 Å². The summed E-state index contributed by atoms with van der Waals surface area (Å²) >= 11 is 0. The van der Waals surface area contributed by atoms with Crippen LogP contribution in [0.3, 0.4) is 0 Å². The molecule has 0 heterocycles. The van der Waals surface area contributed by atoms with Gasteiger partial charge in [0.15, 0.2) is 0 Å². The molecule has 0 aromatic heterocycles. The van der Waals surface area contributed by atoms with Gasteiger partial charge in [-0.15, -0.1) is 0 Å². The van der Waals surface area contributed by atoms with Gasteiger partial charge in [-0.25, -0.2) is 17.9 Å². The molecule has 9 heteroatoms. The summed E-state index contributed by atoms with van der Waals surface area (Å²) in [6.07, 6.45) is 2.12. The van der Waals surface area contributed by atoms with E-state index >= 15 is 0 Å². The minimum Gasteiger partial charge on any atom is -0.495 e. The van der Waals surface area contributed by atoms with Crippen molar-refractivity contribution >= 4 is 21.9 Å². The fourth-order valence-corrected chi connectivity index (χ4v) is 3.92. The van der Waals surface area contributed by atoms with Crippen molar-refractivity contribution in [3.05, 3.63) is 23.8 Å². The summed E-state index contributed by atoms with van der Waals surface area (Å²) in [5.74, 6) is -1.94. The fraction of sp³-hybridized carbons (Fsp3) is 0.529. The zero-order valence-electron chi connectivity index (χ0n) is 15.0. The lowest BCUT2D eigenvalue weighted by molar-refractivity contribution is -0.140. The Kier molecular flexibility index (Phi) is 6.25. The van der Waals surface area contributed by atoms with Gasteiger partial charge in [0.25, 0.3) is 5.91 Å². The minimum atomic E-state index is -3.83. The van der Waals surface area contributed by atoms with Crippen LogP contribution in [0.4, 0.5) is 0 Å². The highest BCUT2D eigenvalue weighted by Crippen LogP contribution is 2.28. The first-order chi connectivity index (χ1) is 12.2. The van der Waals surface area contributed by atoms with Crippen LogP contribution >= 0.6 is 0 Å². The van der Waals surface area contributed by atoms with Gasteiger partial charge in [-0.3, -0.25) is 4.79 Å². The van der Waals surface area contributed by atoms with E-state index in [1.165, 1.54) is 25.3 Å². The molecule has 0 aliphatic heterocycles. The third-order valence-electron chi connectivity index (χ3n) is 4.38. The molecule has 2 atom stereocenters. The molecule has 1 saturated carbocycles. The van der Waals surface area contributed by atoms with Crippen molar-refractivity contribution in [1.82, 2.24) is 10.0 Å². The lowest BCUT2D eigenvalue weighted by Gasteiger charge is -2.20. The summed E-state index contributed by atoms with van der Waals surface area (Å²) in [5.41, 5.74) is 0.0523. The van der Waals surface area contributed by atoms with Gasteiger partial charge in [-0.05, 0) is 37.0 Å². The van der Waals surface area contributed by atoms with Gasteiger partial charge >= 0.3 is 5.97 Å². The van der Waals surface area contributed by atoms with Gasteiger partial charge in [-0.1, -0.05) is 20.3 Å². The number of sulfonamides is 1. The number of carbonyl (C=O) groups excluding carboxylic acids is 1. The number of carboxylic acid groups (broad SMARTS) is 1. The molecule has 1 aromatic carbocycles. The maximum Gasteiger partial charge on any atom is 0.326 e. The number of aliphatic carboxylic acids is 1. The first kappa shape index (κ1) is 20.2. The number of amides is 1. The number of methoxy groups -OCH3 is 1. The van der Waals surface area contributed by atoms with Crippen molar-refractivity contribution in [3.63, 3.8) is 0 Å². The average Bonchev–Trinajstić information content (AvgIpc) is 3.41. The van der Waals surface area contributed by atoms with Crippen LogP contribution in [-0.2, 0) is 14.8 Å². The van der Waals surface area contributed by atoms with E-state index in [1.807, 2.05) is 6.92 Å². The molecule has 1 fully saturated rings. The number of rotatable bonds is 9. The molecule has 1 aliphatic rings. The lowest BCUT2D eigenvalue weighted by atomic mass is 9.99. The molecule has 1 aliphatic carbocycles. The molecule has 26 heavy (non-hydrogen) atoms. The molecular weight excluding hydrogens is 360 g/mol. The molecule has 144 valence electrons. The third-order valence-corrected chi connectivity index (χ3v) is 5.92. The Bertz CT molecular complexity index is 788. The summed E-state index contributed by atoms with van der Waals surface area (Å²) in [4.78, 5) is 23.7. The number of carbonyl (C=O) groups is 2. The highest BCUT2D eigenvalue weighted by Gasteiger charge is 2.31. The van der Waals surface area contributed by atoms with Crippen LogP contribution in [0.25, 0.3) is 0 Å². The van der Waals surface area contributed by atoms with Crippen LogP contribution in [0, 0.1) is 5.92 Å². The maximum atomic E-state index is 12.5. The average molecular weight is 384 g/mol. The van der Waals surface area contributed by atoms with Crippen molar-refractivity contribution < 1.29 is 27.9 Å². The van der Waals surface area contributed by atoms with E-state index in [9.17, 15) is 23.1 Å². The van der Waals surface area contributed by atoms with E-state index in [4.69, 9.17) is 4.74 Å². The van der Waals surface area contributed by atoms with E-state index in [0.29, 0.717) is 6.42 Å². The molecule has 1 amide bonds. The first-order valence-corrected chi connectivity index (χ1v) is 9.92. The Morgan fingerprint density at radius 1 is 1.35 bits per heavy atom. The van der Waals surface area contributed by atoms with E-state index in [-0.39, 0.29) is 28.2 Å². The molecule has 0 saturated heterocycles. The summed E-state index contributed by atoms with van der Waals surface area (Å²) in [6.45, 7) is 3.55. The van der Waals surface area contributed by atoms with Crippen LogP contribution in [0.15, 0.2) is 23.1 Å². The second-order valence-electron chi connectivity index (χ2n) is 6.44. The summed E-state index contributed by atoms with van der Waals surface area (Å²) in [6, 6.07) is 2.84. The Morgan fingerprint density at radius 3 is 2.50 bits per heavy atom. The standard InChI is InChI=1S/C17H24N2O6S/c1-4-10(2)15(17(21)22)18-16(20)11-5-8-13(25-3)14(9-11)26(23,24)19-12-6-7-12/h5,8-10,12,15,19H,4,6-7H2,1-3H3,(H,18,20)(H,21,22).